The number of carbonyl (C=O) groups is 3. The fourth-order valence-corrected chi connectivity index (χ4v) is 2.98. The molecule has 0 amide bonds. The van der Waals surface area contributed by atoms with Crippen molar-refractivity contribution in [1.29, 1.82) is 0 Å². The first-order valence-electron chi connectivity index (χ1n) is 6.69. The molecule has 114 valence electrons. The molecule has 1 saturated heterocycles. The number of fused-ring (bicyclic) bond motifs is 1. The van der Waals surface area contributed by atoms with Crippen LogP contribution in [-0.4, -0.2) is 36.7 Å². The van der Waals surface area contributed by atoms with E-state index in [0.29, 0.717) is 0 Å². The summed E-state index contributed by atoms with van der Waals surface area (Å²) in [6.07, 6.45) is 2.94. The van der Waals surface area contributed by atoms with Gasteiger partial charge in [0.15, 0.2) is 5.41 Å². The average Bonchev–Trinajstić information content (AvgIpc) is 2.71. The predicted octanol–water partition coefficient (Wildman–Crippen LogP) is 1.16. The van der Waals surface area contributed by atoms with Crippen LogP contribution in [0.4, 0.5) is 0 Å². The predicted molar refractivity (Wildman–Crippen MR) is 72.0 cm³/mol. The Kier molecular flexibility index (Phi) is 3.89. The molecule has 0 bridgehead atoms. The van der Waals surface area contributed by atoms with Gasteiger partial charge in [0.05, 0.1) is 5.92 Å². The molecule has 0 N–H and O–H groups in total. The van der Waals surface area contributed by atoms with Gasteiger partial charge in [0, 0.05) is 6.42 Å². The van der Waals surface area contributed by atoms with E-state index in [2.05, 4.69) is 13.2 Å². The van der Waals surface area contributed by atoms with Gasteiger partial charge in [-0.15, -0.1) is 0 Å². The molecular formula is C15H18O6. The average molecular weight is 294 g/mol. The zero-order valence-corrected chi connectivity index (χ0v) is 11.9. The summed E-state index contributed by atoms with van der Waals surface area (Å²) in [7, 11) is 0. The highest BCUT2D eigenvalue weighted by Gasteiger charge is 2.70. The summed E-state index contributed by atoms with van der Waals surface area (Å²) >= 11 is 0. The van der Waals surface area contributed by atoms with E-state index in [9.17, 15) is 14.4 Å². The molecule has 2 atom stereocenters. The molecule has 0 aromatic rings. The molecule has 0 unspecified atom stereocenters. The van der Waals surface area contributed by atoms with E-state index in [-0.39, 0.29) is 26.1 Å². The van der Waals surface area contributed by atoms with E-state index in [0.717, 1.165) is 0 Å². The van der Waals surface area contributed by atoms with Crippen molar-refractivity contribution < 1.29 is 28.6 Å². The lowest BCUT2D eigenvalue weighted by Crippen LogP contribution is -2.51. The van der Waals surface area contributed by atoms with E-state index in [1.54, 1.807) is 6.92 Å². The summed E-state index contributed by atoms with van der Waals surface area (Å²) in [5.74, 6) is -2.29. The molecule has 2 rings (SSSR count). The van der Waals surface area contributed by atoms with Crippen molar-refractivity contribution >= 4 is 17.9 Å². The second-order valence-electron chi connectivity index (χ2n) is 5.52. The van der Waals surface area contributed by atoms with Crippen molar-refractivity contribution in [3.05, 3.63) is 25.3 Å². The van der Waals surface area contributed by atoms with Crippen molar-refractivity contribution in [3.8, 4) is 0 Å². The highest BCUT2D eigenvalue weighted by atomic mass is 16.6. The van der Waals surface area contributed by atoms with E-state index in [4.69, 9.17) is 14.2 Å². The van der Waals surface area contributed by atoms with Crippen molar-refractivity contribution in [1.82, 2.24) is 0 Å². The first kappa shape index (κ1) is 15.3. The summed E-state index contributed by atoms with van der Waals surface area (Å²) in [5.41, 5.74) is -2.31. The fraction of sp³-hybridized carbons (Fsp3) is 0.533. The maximum Gasteiger partial charge on any atom is 0.323 e. The summed E-state index contributed by atoms with van der Waals surface area (Å²) in [6.45, 7) is 8.61. The van der Waals surface area contributed by atoms with E-state index in [1.807, 2.05) is 0 Å². The van der Waals surface area contributed by atoms with Gasteiger partial charge < -0.3 is 14.2 Å². The van der Waals surface area contributed by atoms with Crippen molar-refractivity contribution in [2.75, 3.05) is 13.2 Å². The van der Waals surface area contributed by atoms with Crippen LogP contribution in [0.25, 0.3) is 0 Å². The molecule has 6 heteroatoms. The molecule has 0 aromatic carbocycles. The molecule has 6 nitrogen and oxygen atoms in total. The summed E-state index contributed by atoms with van der Waals surface area (Å²) in [6, 6.07) is 0. The second-order valence-corrected chi connectivity index (χ2v) is 5.52. The minimum absolute atomic E-state index is 0.00843. The van der Waals surface area contributed by atoms with E-state index >= 15 is 0 Å². The van der Waals surface area contributed by atoms with Crippen LogP contribution in [0, 0.1) is 11.3 Å². The topological polar surface area (TPSA) is 78.9 Å². The van der Waals surface area contributed by atoms with Gasteiger partial charge in [-0.3, -0.25) is 14.4 Å². The molecule has 1 heterocycles. The standard InChI is InChI=1S/C15H18O6/c1-4-6-19-12(17)15(13(18)20-7-5-2)8-10-11(16)21-14(10,3)9-15/h4-5,10H,1-2,6-9H2,3H3/t10-,14-/m1/s1. The lowest BCUT2D eigenvalue weighted by Gasteiger charge is -2.39. The van der Waals surface area contributed by atoms with Gasteiger partial charge in [-0.1, -0.05) is 25.3 Å². The third-order valence-corrected chi connectivity index (χ3v) is 4.01. The lowest BCUT2D eigenvalue weighted by atomic mass is 9.84. The Labute approximate surface area is 122 Å². The van der Waals surface area contributed by atoms with Gasteiger partial charge in [0.1, 0.15) is 18.8 Å². The molecule has 0 radical (unpaired) electrons. The zero-order chi connectivity index (χ0) is 15.7. The Morgan fingerprint density at radius 2 is 1.81 bits per heavy atom. The fourth-order valence-electron chi connectivity index (χ4n) is 2.98. The number of rotatable bonds is 6. The Morgan fingerprint density at radius 3 is 2.19 bits per heavy atom. The minimum Gasteiger partial charge on any atom is -0.461 e. The molecule has 2 aliphatic rings. The Morgan fingerprint density at radius 1 is 1.29 bits per heavy atom. The Balaban J connectivity index is 2.25. The highest BCUT2D eigenvalue weighted by molar-refractivity contribution is 6.02. The Bertz CT molecular complexity index is 484. The highest BCUT2D eigenvalue weighted by Crippen LogP contribution is 2.56. The molecule has 21 heavy (non-hydrogen) atoms. The van der Waals surface area contributed by atoms with Gasteiger partial charge in [-0.05, 0) is 13.3 Å². The van der Waals surface area contributed by atoms with Gasteiger partial charge in [-0.2, -0.15) is 0 Å². The molecule has 0 spiro atoms. The lowest BCUT2D eigenvalue weighted by molar-refractivity contribution is -0.202. The normalized spacial score (nSPS) is 28.6. The SMILES string of the molecule is C=CCOC(=O)C1(C(=O)OCC=C)C[C@@H]2C(=O)O[C@]2(C)C1. The van der Waals surface area contributed by atoms with Gasteiger partial charge in [0.25, 0.3) is 0 Å². The van der Waals surface area contributed by atoms with E-state index in [1.165, 1.54) is 12.2 Å². The van der Waals surface area contributed by atoms with Crippen LogP contribution < -0.4 is 0 Å². The number of hydrogen-bond donors (Lipinski definition) is 0. The quantitative estimate of drug-likeness (QED) is 0.316. The molecule has 0 aromatic heterocycles. The maximum atomic E-state index is 12.3. The third-order valence-electron chi connectivity index (χ3n) is 4.01. The van der Waals surface area contributed by atoms with Crippen molar-refractivity contribution in [2.24, 2.45) is 11.3 Å². The van der Waals surface area contributed by atoms with Gasteiger partial charge in [-0.25, -0.2) is 0 Å². The van der Waals surface area contributed by atoms with Crippen LogP contribution in [0.2, 0.25) is 0 Å². The second kappa shape index (κ2) is 5.35. The van der Waals surface area contributed by atoms with Gasteiger partial charge >= 0.3 is 17.9 Å². The number of carbonyl (C=O) groups excluding carboxylic acids is 3. The molecule has 1 aliphatic heterocycles. The Hall–Kier alpha value is -2.11. The maximum absolute atomic E-state index is 12.3. The van der Waals surface area contributed by atoms with Crippen LogP contribution in [0.5, 0.6) is 0 Å². The first-order valence-corrected chi connectivity index (χ1v) is 6.69. The number of ether oxygens (including phenoxy) is 3. The monoisotopic (exact) mass is 294 g/mol. The van der Waals surface area contributed by atoms with Crippen LogP contribution in [0.3, 0.4) is 0 Å². The number of esters is 3. The minimum atomic E-state index is -1.50. The van der Waals surface area contributed by atoms with Gasteiger partial charge in [0.2, 0.25) is 0 Å². The summed E-state index contributed by atoms with van der Waals surface area (Å²) < 4.78 is 15.2. The molecule has 1 aliphatic carbocycles. The van der Waals surface area contributed by atoms with E-state index < -0.39 is 34.8 Å². The van der Waals surface area contributed by atoms with Crippen LogP contribution >= 0.6 is 0 Å². The molecule has 1 saturated carbocycles. The smallest absolute Gasteiger partial charge is 0.323 e. The molecular weight excluding hydrogens is 276 g/mol. The zero-order valence-electron chi connectivity index (χ0n) is 11.9. The number of hydrogen-bond acceptors (Lipinski definition) is 6. The van der Waals surface area contributed by atoms with Crippen LogP contribution in [0.15, 0.2) is 25.3 Å². The first-order chi connectivity index (χ1) is 9.89. The van der Waals surface area contributed by atoms with Crippen LogP contribution in [0.1, 0.15) is 19.8 Å². The summed E-state index contributed by atoms with van der Waals surface area (Å²) in [5, 5.41) is 0. The van der Waals surface area contributed by atoms with Crippen molar-refractivity contribution in [2.45, 2.75) is 25.4 Å². The largest absolute Gasteiger partial charge is 0.461 e. The summed E-state index contributed by atoms with van der Waals surface area (Å²) in [4.78, 5) is 36.2. The van der Waals surface area contributed by atoms with Crippen LogP contribution in [-0.2, 0) is 28.6 Å². The van der Waals surface area contributed by atoms with Crippen molar-refractivity contribution in [3.63, 3.8) is 0 Å². The molecule has 2 fully saturated rings. The third kappa shape index (κ3) is 2.34.